The number of nitrogens with zero attached hydrogens (tertiary/aromatic N) is 1. The largest absolute Gasteiger partial charge is 0.374 e. The van der Waals surface area contributed by atoms with Crippen molar-refractivity contribution in [2.75, 3.05) is 18.5 Å². The number of para-hydroxylation sites is 1. The molecule has 0 bridgehead atoms. The number of aryl methyl sites for hydroxylation is 1. The van der Waals surface area contributed by atoms with Gasteiger partial charge in [-0.15, -0.1) is 0 Å². The first kappa shape index (κ1) is 14.4. The minimum absolute atomic E-state index is 0.384. The fourth-order valence-electron chi connectivity index (χ4n) is 3.41. The van der Waals surface area contributed by atoms with Crippen molar-refractivity contribution in [2.24, 2.45) is 17.6 Å². The number of anilines is 1. The lowest BCUT2D eigenvalue weighted by Crippen LogP contribution is -2.42. The Labute approximate surface area is 118 Å². The average Bonchev–Trinajstić information content (AvgIpc) is 2.41. The number of nitrogens with two attached hydrogens (primary N) is 1. The highest BCUT2D eigenvalue weighted by molar-refractivity contribution is 5.52. The Morgan fingerprint density at radius 2 is 2.00 bits per heavy atom. The topological polar surface area (TPSA) is 29.3 Å². The molecule has 2 N–H and O–H groups in total. The number of benzene rings is 1. The number of rotatable bonds is 4. The highest BCUT2D eigenvalue weighted by atomic mass is 15.1. The Balaban J connectivity index is 2.01. The monoisotopic (exact) mass is 260 g/mol. The van der Waals surface area contributed by atoms with Crippen molar-refractivity contribution >= 4 is 5.69 Å². The number of hydrogen-bond donors (Lipinski definition) is 1. The van der Waals surface area contributed by atoms with Crippen molar-refractivity contribution in [1.29, 1.82) is 0 Å². The van der Waals surface area contributed by atoms with Crippen LogP contribution >= 0.6 is 0 Å². The summed E-state index contributed by atoms with van der Waals surface area (Å²) in [6.07, 6.45) is 5.12. The highest BCUT2D eigenvalue weighted by Crippen LogP contribution is 2.31. The van der Waals surface area contributed by atoms with E-state index in [4.69, 9.17) is 5.73 Å². The van der Waals surface area contributed by atoms with E-state index < -0.39 is 0 Å². The summed E-state index contributed by atoms with van der Waals surface area (Å²) in [4.78, 5) is 2.39. The van der Waals surface area contributed by atoms with Crippen LogP contribution in [-0.2, 0) is 0 Å². The van der Waals surface area contributed by atoms with Gasteiger partial charge in [0.15, 0.2) is 0 Å². The molecule has 1 aromatic rings. The van der Waals surface area contributed by atoms with Crippen LogP contribution in [0.2, 0.25) is 0 Å². The molecule has 106 valence electrons. The minimum atomic E-state index is 0.384. The second-order valence-corrected chi connectivity index (χ2v) is 6.18. The molecule has 1 saturated carbocycles. The maximum atomic E-state index is 6.33. The Morgan fingerprint density at radius 3 is 2.68 bits per heavy atom. The van der Waals surface area contributed by atoms with E-state index in [9.17, 15) is 0 Å². The molecule has 1 aliphatic rings. The van der Waals surface area contributed by atoms with Gasteiger partial charge in [-0.2, -0.15) is 0 Å². The first-order valence-corrected chi connectivity index (χ1v) is 7.64. The van der Waals surface area contributed by atoms with Crippen LogP contribution < -0.4 is 10.6 Å². The second kappa shape index (κ2) is 6.42. The van der Waals surface area contributed by atoms with E-state index in [1.54, 1.807) is 0 Å². The molecule has 0 spiro atoms. The third kappa shape index (κ3) is 3.50. The Hall–Kier alpha value is -1.02. The summed E-state index contributed by atoms with van der Waals surface area (Å²) in [6.45, 7) is 5.58. The van der Waals surface area contributed by atoms with E-state index in [1.165, 1.54) is 36.9 Å². The first-order chi connectivity index (χ1) is 9.11. The van der Waals surface area contributed by atoms with Gasteiger partial charge in [0, 0.05) is 25.3 Å². The summed E-state index contributed by atoms with van der Waals surface area (Å²) < 4.78 is 0. The quantitative estimate of drug-likeness (QED) is 0.896. The molecule has 2 heteroatoms. The van der Waals surface area contributed by atoms with Crippen molar-refractivity contribution in [3.05, 3.63) is 29.8 Å². The fraction of sp³-hybridized carbons (Fsp3) is 0.647. The van der Waals surface area contributed by atoms with Gasteiger partial charge in [0.25, 0.3) is 0 Å². The molecule has 0 amide bonds. The van der Waals surface area contributed by atoms with E-state index in [0.29, 0.717) is 12.0 Å². The van der Waals surface area contributed by atoms with Gasteiger partial charge in [-0.05, 0) is 49.7 Å². The summed E-state index contributed by atoms with van der Waals surface area (Å²) in [7, 11) is 2.20. The fourth-order valence-corrected chi connectivity index (χ4v) is 3.41. The van der Waals surface area contributed by atoms with Gasteiger partial charge >= 0.3 is 0 Å². The van der Waals surface area contributed by atoms with E-state index in [2.05, 4.69) is 50.1 Å². The van der Waals surface area contributed by atoms with Gasteiger partial charge in [-0.1, -0.05) is 31.5 Å². The predicted molar refractivity (Wildman–Crippen MR) is 83.5 cm³/mol. The third-order valence-corrected chi connectivity index (χ3v) is 4.76. The number of hydrogen-bond acceptors (Lipinski definition) is 2. The molecule has 3 unspecified atom stereocenters. The molecular formula is C17H28N2. The van der Waals surface area contributed by atoms with Crippen LogP contribution in [0.25, 0.3) is 0 Å². The third-order valence-electron chi connectivity index (χ3n) is 4.76. The molecule has 0 heterocycles. The Bertz CT molecular complexity index is 402. The molecule has 2 rings (SSSR count). The summed E-state index contributed by atoms with van der Waals surface area (Å²) in [5.74, 6) is 1.53. The highest BCUT2D eigenvalue weighted by Gasteiger charge is 2.28. The Morgan fingerprint density at radius 1 is 1.26 bits per heavy atom. The normalized spacial score (nSPS) is 27.3. The lowest BCUT2D eigenvalue weighted by atomic mass is 9.77. The molecule has 1 fully saturated rings. The van der Waals surface area contributed by atoms with E-state index in [1.807, 2.05) is 0 Å². The van der Waals surface area contributed by atoms with Crippen LogP contribution in [0, 0.1) is 18.8 Å². The van der Waals surface area contributed by atoms with Crippen molar-refractivity contribution in [2.45, 2.75) is 45.6 Å². The van der Waals surface area contributed by atoms with Crippen molar-refractivity contribution in [3.8, 4) is 0 Å². The molecule has 0 saturated heterocycles. The van der Waals surface area contributed by atoms with Crippen LogP contribution in [-0.4, -0.2) is 19.6 Å². The lowest BCUT2D eigenvalue weighted by Gasteiger charge is -2.37. The van der Waals surface area contributed by atoms with Crippen molar-refractivity contribution in [1.82, 2.24) is 0 Å². The van der Waals surface area contributed by atoms with Gasteiger partial charge in [0.05, 0.1) is 0 Å². The summed E-state index contributed by atoms with van der Waals surface area (Å²) >= 11 is 0. The second-order valence-electron chi connectivity index (χ2n) is 6.18. The zero-order valence-corrected chi connectivity index (χ0v) is 12.6. The smallest absolute Gasteiger partial charge is 0.0393 e. The van der Waals surface area contributed by atoms with Crippen molar-refractivity contribution < 1.29 is 0 Å². The van der Waals surface area contributed by atoms with Crippen LogP contribution in [0.3, 0.4) is 0 Å². The molecule has 19 heavy (non-hydrogen) atoms. The zero-order chi connectivity index (χ0) is 13.8. The van der Waals surface area contributed by atoms with Crippen LogP contribution in [0.1, 0.15) is 38.2 Å². The average molecular weight is 260 g/mol. The Kier molecular flexibility index (Phi) is 4.87. The summed E-state index contributed by atoms with van der Waals surface area (Å²) in [5, 5.41) is 0. The molecule has 0 radical (unpaired) electrons. The maximum Gasteiger partial charge on any atom is 0.0393 e. The molecular weight excluding hydrogens is 232 g/mol. The van der Waals surface area contributed by atoms with Crippen LogP contribution in [0.15, 0.2) is 24.3 Å². The molecule has 0 aromatic heterocycles. The van der Waals surface area contributed by atoms with Crippen molar-refractivity contribution in [3.63, 3.8) is 0 Å². The maximum absolute atomic E-state index is 6.33. The van der Waals surface area contributed by atoms with Crippen LogP contribution in [0.4, 0.5) is 5.69 Å². The zero-order valence-electron chi connectivity index (χ0n) is 12.6. The van der Waals surface area contributed by atoms with Gasteiger partial charge in [0.2, 0.25) is 0 Å². The van der Waals surface area contributed by atoms with Gasteiger partial charge in [-0.25, -0.2) is 0 Å². The van der Waals surface area contributed by atoms with E-state index in [-0.39, 0.29) is 0 Å². The summed E-state index contributed by atoms with van der Waals surface area (Å²) in [6, 6.07) is 9.00. The standard InChI is InChI=1S/C17H28N2/c1-4-14-9-10-16(18)15(11-14)12-19(3)17-8-6-5-7-13(17)2/h5-8,14-16H,4,9-12,18H2,1-3H3. The molecule has 3 atom stereocenters. The SMILES string of the molecule is CCC1CCC(N)C(CN(C)c2ccccc2C)C1. The minimum Gasteiger partial charge on any atom is -0.374 e. The lowest BCUT2D eigenvalue weighted by molar-refractivity contribution is 0.232. The molecule has 0 aliphatic heterocycles. The summed E-state index contributed by atoms with van der Waals surface area (Å²) in [5.41, 5.74) is 9.02. The predicted octanol–water partition coefficient (Wildman–Crippen LogP) is 3.58. The van der Waals surface area contributed by atoms with Gasteiger partial charge < -0.3 is 10.6 Å². The molecule has 1 aromatic carbocycles. The first-order valence-electron chi connectivity index (χ1n) is 7.64. The van der Waals surface area contributed by atoms with E-state index in [0.717, 1.165) is 12.5 Å². The van der Waals surface area contributed by atoms with E-state index >= 15 is 0 Å². The van der Waals surface area contributed by atoms with Crippen LogP contribution in [0.5, 0.6) is 0 Å². The molecule has 1 aliphatic carbocycles. The van der Waals surface area contributed by atoms with Gasteiger partial charge in [0.1, 0.15) is 0 Å². The molecule has 2 nitrogen and oxygen atoms in total. The van der Waals surface area contributed by atoms with Gasteiger partial charge in [-0.3, -0.25) is 0 Å².